The first kappa shape index (κ1) is 14.0. The van der Waals surface area contributed by atoms with Crippen LogP contribution in [0.4, 0.5) is 10.1 Å². The Kier molecular flexibility index (Phi) is 3.86. The summed E-state index contributed by atoms with van der Waals surface area (Å²) in [6, 6.07) is 4.73. The summed E-state index contributed by atoms with van der Waals surface area (Å²) in [5.74, 6) is 0.862. The summed E-state index contributed by atoms with van der Waals surface area (Å²) in [6.07, 6.45) is 5.62. The van der Waals surface area contributed by atoms with Crippen molar-refractivity contribution in [3.63, 3.8) is 0 Å². The number of hydrogen-bond acceptors (Lipinski definition) is 4. The van der Waals surface area contributed by atoms with E-state index in [2.05, 4.69) is 22.4 Å². The zero-order chi connectivity index (χ0) is 14.8. The van der Waals surface area contributed by atoms with Crippen LogP contribution >= 0.6 is 0 Å². The first-order valence-electron chi connectivity index (χ1n) is 7.48. The summed E-state index contributed by atoms with van der Waals surface area (Å²) in [4.78, 5) is 0. The number of nitrogens with zero attached hydrogens (tertiary/aromatic N) is 4. The van der Waals surface area contributed by atoms with Crippen molar-refractivity contribution in [1.29, 1.82) is 0 Å². The molecule has 1 heterocycles. The lowest BCUT2D eigenvalue weighted by molar-refractivity contribution is 0.393. The Bertz CT molecular complexity index is 624. The number of hydrogen-bond donors (Lipinski definition) is 1. The van der Waals surface area contributed by atoms with E-state index in [1.54, 1.807) is 16.8 Å². The lowest BCUT2D eigenvalue weighted by atomic mass is 10.0. The van der Waals surface area contributed by atoms with Crippen molar-refractivity contribution in [2.75, 3.05) is 5.73 Å². The summed E-state index contributed by atoms with van der Waals surface area (Å²) in [5, 5.41) is 11.9. The molecule has 0 amide bonds. The third-order valence-corrected chi connectivity index (χ3v) is 4.30. The Hall–Kier alpha value is -1.98. The molecule has 1 saturated carbocycles. The van der Waals surface area contributed by atoms with Gasteiger partial charge in [0.2, 0.25) is 0 Å². The fourth-order valence-electron chi connectivity index (χ4n) is 3.04. The van der Waals surface area contributed by atoms with Crippen molar-refractivity contribution in [3.8, 4) is 11.4 Å². The summed E-state index contributed by atoms with van der Waals surface area (Å²) in [5.41, 5.74) is 6.64. The normalized spacial score (nSPS) is 23.0. The number of tetrazole rings is 1. The average molecular weight is 289 g/mol. The summed E-state index contributed by atoms with van der Waals surface area (Å²) < 4.78 is 15.8. The first-order chi connectivity index (χ1) is 10.1. The van der Waals surface area contributed by atoms with E-state index in [1.807, 2.05) is 0 Å². The van der Waals surface area contributed by atoms with E-state index in [-0.39, 0.29) is 11.9 Å². The zero-order valence-corrected chi connectivity index (χ0v) is 12.2. The van der Waals surface area contributed by atoms with Crippen LogP contribution in [0, 0.1) is 11.7 Å². The molecule has 21 heavy (non-hydrogen) atoms. The smallest absolute Gasteiger partial charge is 0.185 e. The molecule has 2 atom stereocenters. The van der Waals surface area contributed by atoms with Gasteiger partial charge >= 0.3 is 0 Å². The van der Waals surface area contributed by atoms with Crippen LogP contribution in [0.15, 0.2) is 18.2 Å². The van der Waals surface area contributed by atoms with Crippen molar-refractivity contribution in [2.45, 2.75) is 45.1 Å². The molecule has 0 saturated heterocycles. The Labute approximate surface area is 123 Å². The van der Waals surface area contributed by atoms with E-state index < -0.39 is 0 Å². The van der Waals surface area contributed by atoms with E-state index in [0.717, 1.165) is 31.6 Å². The molecule has 1 aromatic carbocycles. The molecule has 2 unspecified atom stereocenters. The number of halogens is 1. The quantitative estimate of drug-likeness (QED) is 0.681. The van der Waals surface area contributed by atoms with Crippen LogP contribution in [0.5, 0.6) is 0 Å². The lowest BCUT2D eigenvalue weighted by Gasteiger charge is -2.16. The monoisotopic (exact) mass is 289 g/mol. The van der Waals surface area contributed by atoms with Gasteiger partial charge in [-0.25, -0.2) is 9.07 Å². The molecule has 2 N–H and O–H groups in total. The molecule has 112 valence electrons. The number of nitrogens with two attached hydrogens (primary N) is 1. The molecule has 2 aromatic rings. The number of aromatic nitrogens is 4. The van der Waals surface area contributed by atoms with E-state index in [0.29, 0.717) is 17.1 Å². The molecule has 1 fully saturated rings. The highest BCUT2D eigenvalue weighted by Gasteiger charge is 2.23. The first-order valence-corrected chi connectivity index (χ1v) is 7.48. The van der Waals surface area contributed by atoms with Crippen molar-refractivity contribution < 1.29 is 4.39 Å². The molecule has 1 aromatic heterocycles. The second-order valence-electron chi connectivity index (χ2n) is 5.95. The highest BCUT2D eigenvalue weighted by molar-refractivity contribution is 5.61. The van der Waals surface area contributed by atoms with Crippen LogP contribution in [0.3, 0.4) is 0 Å². The Balaban J connectivity index is 1.95. The lowest BCUT2D eigenvalue weighted by Crippen LogP contribution is -2.12. The van der Waals surface area contributed by atoms with Gasteiger partial charge in [-0.2, -0.15) is 0 Å². The van der Waals surface area contributed by atoms with Crippen molar-refractivity contribution >= 4 is 5.69 Å². The third-order valence-electron chi connectivity index (χ3n) is 4.30. The van der Waals surface area contributed by atoms with Crippen LogP contribution in [0.2, 0.25) is 0 Å². The molecule has 3 rings (SSSR count). The van der Waals surface area contributed by atoms with E-state index in [9.17, 15) is 4.39 Å². The topological polar surface area (TPSA) is 69.6 Å². The maximum atomic E-state index is 14.1. The standard InChI is InChI=1S/C15H20FN5/c1-10-3-2-4-12(7-5-10)21-15(18-19-20-21)13-9-11(17)6-8-14(13)16/h6,8-10,12H,2-5,7,17H2,1H3. The molecular weight excluding hydrogens is 269 g/mol. The van der Waals surface area contributed by atoms with Crippen molar-refractivity contribution in [2.24, 2.45) is 5.92 Å². The summed E-state index contributed by atoms with van der Waals surface area (Å²) in [6.45, 7) is 2.28. The largest absolute Gasteiger partial charge is 0.399 e. The van der Waals surface area contributed by atoms with Crippen molar-refractivity contribution in [3.05, 3.63) is 24.0 Å². The number of rotatable bonds is 2. The van der Waals surface area contributed by atoms with Gasteiger partial charge in [-0.3, -0.25) is 0 Å². The molecule has 5 nitrogen and oxygen atoms in total. The Morgan fingerprint density at radius 1 is 1.24 bits per heavy atom. The van der Waals surface area contributed by atoms with E-state index >= 15 is 0 Å². The second kappa shape index (κ2) is 5.79. The van der Waals surface area contributed by atoms with Crippen LogP contribution in [0.25, 0.3) is 11.4 Å². The van der Waals surface area contributed by atoms with E-state index in [1.165, 1.54) is 12.5 Å². The number of nitrogen functional groups attached to an aromatic ring is 1. The van der Waals surface area contributed by atoms with Gasteiger partial charge in [0, 0.05) is 5.69 Å². The predicted octanol–water partition coefficient (Wildman–Crippen LogP) is 3.20. The van der Waals surface area contributed by atoms with Crippen LogP contribution in [-0.4, -0.2) is 20.2 Å². The Morgan fingerprint density at radius 2 is 2.10 bits per heavy atom. The minimum Gasteiger partial charge on any atom is -0.399 e. The van der Waals surface area contributed by atoms with Crippen LogP contribution < -0.4 is 5.73 Å². The maximum absolute atomic E-state index is 14.1. The van der Waals surface area contributed by atoms with E-state index in [4.69, 9.17) is 5.73 Å². The number of anilines is 1. The van der Waals surface area contributed by atoms with Gasteiger partial charge in [-0.1, -0.05) is 19.8 Å². The average Bonchev–Trinajstić information content (AvgIpc) is 2.84. The molecule has 1 aliphatic carbocycles. The highest BCUT2D eigenvalue weighted by Crippen LogP contribution is 2.33. The third kappa shape index (κ3) is 2.89. The molecule has 0 spiro atoms. The van der Waals surface area contributed by atoms with Gasteiger partial charge in [0.25, 0.3) is 0 Å². The molecule has 0 radical (unpaired) electrons. The summed E-state index contributed by atoms with van der Waals surface area (Å²) in [7, 11) is 0. The van der Waals surface area contributed by atoms with Gasteiger partial charge < -0.3 is 5.73 Å². The van der Waals surface area contributed by atoms with Crippen molar-refractivity contribution in [1.82, 2.24) is 20.2 Å². The minimum absolute atomic E-state index is 0.237. The van der Waals surface area contributed by atoms with Gasteiger partial charge in [0.15, 0.2) is 5.82 Å². The van der Waals surface area contributed by atoms with Gasteiger partial charge in [0.1, 0.15) is 5.82 Å². The summed E-state index contributed by atoms with van der Waals surface area (Å²) >= 11 is 0. The Morgan fingerprint density at radius 3 is 2.95 bits per heavy atom. The second-order valence-corrected chi connectivity index (χ2v) is 5.95. The predicted molar refractivity (Wildman–Crippen MR) is 78.9 cm³/mol. The molecule has 0 bridgehead atoms. The fourth-order valence-corrected chi connectivity index (χ4v) is 3.04. The molecule has 6 heteroatoms. The highest BCUT2D eigenvalue weighted by atomic mass is 19.1. The van der Waals surface area contributed by atoms with Gasteiger partial charge in [0.05, 0.1) is 11.6 Å². The van der Waals surface area contributed by atoms with Gasteiger partial charge in [-0.05, 0) is 53.8 Å². The molecule has 0 aliphatic heterocycles. The maximum Gasteiger partial charge on any atom is 0.185 e. The number of benzene rings is 1. The zero-order valence-electron chi connectivity index (χ0n) is 12.2. The van der Waals surface area contributed by atoms with Crippen LogP contribution in [-0.2, 0) is 0 Å². The SMILES string of the molecule is CC1CCCC(n2nnnc2-c2cc(N)ccc2F)CC1. The molecular formula is C15H20FN5. The fraction of sp³-hybridized carbons (Fsp3) is 0.533. The minimum atomic E-state index is -0.345. The molecule has 1 aliphatic rings. The van der Waals surface area contributed by atoms with Crippen LogP contribution in [0.1, 0.15) is 45.1 Å². The van der Waals surface area contributed by atoms with Gasteiger partial charge in [-0.15, -0.1) is 5.10 Å².